The van der Waals surface area contributed by atoms with Gasteiger partial charge in [0.2, 0.25) is 5.91 Å². The molecule has 7 heteroatoms. The first-order valence-electron chi connectivity index (χ1n) is 7.05. The van der Waals surface area contributed by atoms with Gasteiger partial charge in [0.1, 0.15) is 0 Å². The molecule has 0 saturated carbocycles. The van der Waals surface area contributed by atoms with Gasteiger partial charge in [0.05, 0.1) is 22.7 Å². The van der Waals surface area contributed by atoms with Gasteiger partial charge in [-0.1, -0.05) is 17.7 Å². The molecule has 0 fully saturated rings. The number of carbonyl (C=O) groups excluding carboxylic acids is 1. The van der Waals surface area contributed by atoms with Crippen LogP contribution in [-0.2, 0) is 17.4 Å². The van der Waals surface area contributed by atoms with Crippen molar-refractivity contribution in [2.75, 3.05) is 5.32 Å². The molecule has 2 aromatic carbocycles. The van der Waals surface area contributed by atoms with Gasteiger partial charge in [0.15, 0.2) is 0 Å². The molecule has 0 unspecified atom stereocenters. The Hall–Kier alpha value is -2.47. The van der Waals surface area contributed by atoms with Crippen molar-refractivity contribution in [1.29, 1.82) is 0 Å². The number of halogens is 4. The van der Waals surface area contributed by atoms with Crippen molar-refractivity contribution in [1.82, 2.24) is 4.98 Å². The quantitative estimate of drug-likeness (QED) is 0.683. The van der Waals surface area contributed by atoms with Crippen LogP contribution in [0.15, 0.2) is 48.7 Å². The van der Waals surface area contributed by atoms with Crippen LogP contribution in [0, 0.1) is 0 Å². The van der Waals surface area contributed by atoms with E-state index in [2.05, 4.69) is 10.3 Å². The molecule has 0 radical (unpaired) electrons. The highest BCUT2D eigenvalue weighted by molar-refractivity contribution is 6.33. The summed E-state index contributed by atoms with van der Waals surface area (Å²) in [6.45, 7) is 0. The highest BCUT2D eigenvalue weighted by Gasteiger charge is 2.31. The summed E-state index contributed by atoms with van der Waals surface area (Å²) in [6.07, 6.45) is -2.67. The van der Waals surface area contributed by atoms with Gasteiger partial charge in [-0.05, 0) is 47.3 Å². The first-order chi connectivity index (χ1) is 11.3. The number of fused-ring (bicyclic) bond motifs is 1. The highest BCUT2D eigenvalue weighted by atomic mass is 35.5. The molecule has 0 spiro atoms. The number of benzene rings is 2. The Bertz CT molecular complexity index is 902. The van der Waals surface area contributed by atoms with Crippen LogP contribution in [0.5, 0.6) is 0 Å². The highest BCUT2D eigenvalue weighted by Crippen LogP contribution is 2.33. The number of nitrogens with one attached hydrogen (secondary N) is 2. The Morgan fingerprint density at radius 2 is 1.92 bits per heavy atom. The molecule has 3 nitrogen and oxygen atoms in total. The predicted molar refractivity (Wildman–Crippen MR) is 87.1 cm³/mol. The van der Waals surface area contributed by atoms with Gasteiger partial charge in [-0.15, -0.1) is 0 Å². The summed E-state index contributed by atoms with van der Waals surface area (Å²) in [5, 5.41) is 3.44. The van der Waals surface area contributed by atoms with Gasteiger partial charge < -0.3 is 10.3 Å². The molecule has 0 aliphatic carbocycles. The third-order valence-corrected chi connectivity index (χ3v) is 3.88. The second-order valence-corrected chi connectivity index (χ2v) is 5.72. The van der Waals surface area contributed by atoms with E-state index in [1.165, 1.54) is 0 Å². The molecule has 0 saturated heterocycles. The molecule has 1 aromatic heterocycles. The van der Waals surface area contributed by atoms with E-state index in [0.717, 1.165) is 34.7 Å². The lowest BCUT2D eigenvalue weighted by molar-refractivity contribution is -0.137. The number of hydrogen-bond donors (Lipinski definition) is 2. The summed E-state index contributed by atoms with van der Waals surface area (Å²) in [7, 11) is 0. The lowest BCUT2D eigenvalue weighted by Crippen LogP contribution is -2.15. The van der Waals surface area contributed by atoms with Gasteiger partial charge in [-0.25, -0.2) is 0 Å². The van der Waals surface area contributed by atoms with E-state index in [9.17, 15) is 18.0 Å². The summed E-state index contributed by atoms with van der Waals surface area (Å²) in [6, 6.07) is 10.2. The maximum Gasteiger partial charge on any atom is 0.416 e. The molecule has 0 aliphatic heterocycles. The van der Waals surface area contributed by atoms with Crippen LogP contribution >= 0.6 is 11.6 Å². The standard InChI is InChI=1S/C17H12ClF3N2O/c18-13-3-2-12(17(19,20)21)9-15(13)23-16(24)8-10-1-4-14-11(7-10)5-6-22-14/h1-7,9,22H,8H2,(H,23,24). The van der Waals surface area contributed by atoms with E-state index in [4.69, 9.17) is 11.6 Å². The van der Waals surface area contributed by atoms with E-state index in [0.29, 0.717) is 0 Å². The summed E-state index contributed by atoms with van der Waals surface area (Å²) in [5.74, 6) is -0.439. The topological polar surface area (TPSA) is 44.9 Å². The van der Waals surface area contributed by atoms with E-state index < -0.39 is 17.6 Å². The Morgan fingerprint density at radius 1 is 1.12 bits per heavy atom. The number of carbonyl (C=O) groups is 1. The molecule has 0 aliphatic rings. The Labute approximate surface area is 140 Å². The van der Waals surface area contributed by atoms with Gasteiger partial charge in [-0.2, -0.15) is 13.2 Å². The van der Waals surface area contributed by atoms with Crippen LogP contribution in [0.25, 0.3) is 10.9 Å². The zero-order valence-corrected chi connectivity index (χ0v) is 13.0. The fourth-order valence-electron chi connectivity index (χ4n) is 2.39. The molecule has 1 heterocycles. The minimum absolute atomic E-state index is 0.0354. The molecule has 3 rings (SSSR count). The lowest BCUT2D eigenvalue weighted by Gasteiger charge is -2.11. The van der Waals surface area contributed by atoms with Crippen molar-refractivity contribution in [2.45, 2.75) is 12.6 Å². The first kappa shape index (κ1) is 16.4. The third-order valence-electron chi connectivity index (χ3n) is 3.55. The molecule has 0 bridgehead atoms. The molecular formula is C17H12ClF3N2O. The van der Waals surface area contributed by atoms with E-state index in [1.54, 1.807) is 12.3 Å². The Balaban J connectivity index is 1.76. The van der Waals surface area contributed by atoms with Crippen molar-refractivity contribution in [3.63, 3.8) is 0 Å². The maximum atomic E-state index is 12.7. The van der Waals surface area contributed by atoms with Crippen molar-refractivity contribution < 1.29 is 18.0 Å². The number of aromatic nitrogens is 1. The fraction of sp³-hybridized carbons (Fsp3) is 0.118. The summed E-state index contributed by atoms with van der Waals surface area (Å²) in [4.78, 5) is 15.2. The van der Waals surface area contributed by atoms with Crippen LogP contribution in [-0.4, -0.2) is 10.9 Å². The van der Waals surface area contributed by atoms with E-state index in [-0.39, 0.29) is 17.1 Å². The molecule has 24 heavy (non-hydrogen) atoms. The largest absolute Gasteiger partial charge is 0.416 e. The number of alkyl halides is 3. The summed E-state index contributed by atoms with van der Waals surface area (Å²) >= 11 is 5.87. The minimum Gasteiger partial charge on any atom is -0.361 e. The Morgan fingerprint density at radius 3 is 2.67 bits per heavy atom. The number of hydrogen-bond acceptors (Lipinski definition) is 1. The fourth-order valence-corrected chi connectivity index (χ4v) is 2.55. The lowest BCUT2D eigenvalue weighted by atomic mass is 10.1. The van der Waals surface area contributed by atoms with Gasteiger partial charge in [-0.3, -0.25) is 4.79 Å². The summed E-state index contributed by atoms with van der Waals surface area (Å²) in [5.41, 5.74) is 0.776. The second-order valence-electron chi connectivity index (χ2n) is 5.32. The Kier molecular flexibility index (Phi) is 4.24. The van der Waals surface area contributed by atoms with Crippen LogP contribution in [0.4, 0.5) is 18.9 Å². The molecular weight excluding hydrogens is 341 g/mol. The number of amides is 1. The molecule has 3 aromatic rings. The summed E-state index contributed by atoms with van der Waals surface area (Å²) < 4.78 is 38.2. The molecule has 1 amide bonds. The monoisotopic (exact) mass is 352 g/mol. The zero-order chi connectivity index (χ0) is 17.3. The van der Waals surface area contributed by atoms with Crippen LogP contribution in [0.3, 0.4) is 0 Å². The number of aromatic amines is 1. The first-order valence-corrected chi connectivity index (χ1v) is 7.43. The van der Waals surface area contributed by atoms with E-state index >= 15 is 0 Å². The third kappa shape index (κ3) is 3.54. The maximum absolute atomic E-state index is 12.7. The van der Waals surface area contributed by atoms with Gasteiger partial charge in [0.25, 0.3) is 0 Å². The van der Waals surface area contributed by atoms with E-state index in [1.807, 2.05) is 18.2 Å². The van der Waals surface area contributed by atoms with Gasteiger partial charge >= 0.3 is 6.18 Å². The minimum atomic E-state index is -4.50. The molecule has 0 atom stereocenters. The zero-order valence-electron chi connectivity index (χ0n) is 12.2. The van der Waals surface area contributed by atoms with Crippen molar-refractivity contribution in [2.24, 2.45) is 0 Å². The van der Waals surface area contributed by atoms with Crippen LogP contribution in [0.2, 0.25) is 5.02 Å². The number of H-pyrrole nitrogens is 1. The number of anilines is 1. The van der Waals surface area contributed by atoms with Crippen molar-refractivity contribution >= 4 is 34.1 Å². The SMILES string of the molecule is O=C(Cc1ccc2[nH]ccc2c1)Nc1cc(C(F)(F)F)ccc1Cl. The van der Waals surface area contributed by atoms with Crippen LogP contribution in [0.1, 0.15) is 11.1 Å². The van der Waals surface area contributed by atoms with Crippen molar-refractivity contribution in [3.05, 3.63) is 64.8 Å². The second kappa shape index (κ2) is 6.20. The van der Waals surface area contributed by atoms with Gasteiger partial charge in [0, 0.05) is 11.7 Å². The smallest absolute Gasteiger partial charge is 0.361 e. The van der Waals surface area contributed by atoms with Crippen LogP contribution < -0.4 is 5.32 Å². The molecule has 124 valence electrons. The number of rotatable bonds is 3. The average molecular weight is 353 g/mol. The normalized spacial score (nSPS) is 11.7. The molecule has 2 N–H and O–H groups in total. The van der Waals surface area contributed by atoms with Crippen molar-refractivity contribution in [3.8, 4) is 0 Å². The average Bonchev–Trinajstić information content (AvgIpc) is 2.96. The predicted octanol–water partition coefficient (Wildman–Crippen LogP) is 5.02.